The van der Waals surface area contributed by atoms with Gasteiger partial charge in [0, 0.05) is 5.56 Å². The molecule has 0 fully saturated rings. The number of hydrogen-bond donors (Lipinski definition) is 0. The molecule has 2 heteroatoms. The molecule has 0 saturated heterocycles. The summed E-state index contributed by atoms with van der Waals surface area (Å²) in [5.74, 6) is 0.456. The number of ketones is 1. The van der Waals surface area contributed by atoms with Crippen LogP contribution in [-0.2, 0) is 0 Å². The summed E-state index contributed by atoms with van der Waals surface area (Å²) in [4.78, 5) is 10.6. The summed E-state index contributed by atoms with van der Waals surface area (Å²) in [6, 6.07) is 5.65. The third kappa shape index (κ3) is 6.33. The normalized spacial score (nSPS) is 9.62. The van der Waals surface area contributed by atoms with E-state index in [1.54, 1.807) is 6.07 Å². The lowest BCUT2D eigenvalue weighted by Gasteiger charge is -1.98. The lowest BCUT2D eigenvalue weighted by Crippen LogP contribution is -1.91. The van der Waals surface area contributed by atoms with Crippen molar-refractivity contribution in [2.45, 2.75) is 40.5 Å². The van der Waals surface area contributed by atoms with Gasteiger partial charge in [-0.2, -0.15) is 0 Å². The molecule has 0 aliphatic carbocycles. The predicted octanol–water partition coefficient (Wildman–Crippen LogP) is 4.47. The molecule has 0 heterocycles. The lowest BCUT2D eigenvalue weighted by molar-refractivity contribution is 0.101. The highest BCUT2D eigenvalue weighted by atomic mass is 19.1. The highest BCUT2D eigenvalue weighted by molar-refractivity contribution is 5.93. The Morgan fingerprint density at radius 1 is 1.31 bits per heavy atom. The van der Waals surface area contributed by atoms with Gasteiger partial charge in [-0.15, -0.1) is 0 Å². The van der Waals surface area contributed by atoms with Crippen molar-refractivity contribution in [1.29, 1.82) is 0 Å². The van der Waals surface area contributed by atoms with Crippen molar-refractivity contribution >= 4 is 5.78 Å². The molecular weight excluding hydrogens is 203 g/mol. The lowest BCUT2D eigenvalue weighted by atomic mass is 10.1. The summed E-state index contributed by atoms with van der Waals surface area (Å²) in [6.45, 7) is 8.15. The number of carbonyl (C=O) groups is 1. The number of carbonyl (C=O) groups excluding carboxylic acids is 1. The Bertz CT molecular complexity index is 316. The minimum atomic E-state index is -0.368. The van der Waals surface area contributed by atoms with E-state index in [0.29, 0.717) is 5.56 Å². The molecule has 0 bridgehead atoms. The zero-order valence-corrected chi connectivity index (χ0v) is 10.6. The van der Waals surface area contributed by atoms with E-state index in [4.69, 9.17) is 0 Å². The van der Waals surface area contributed by atoms with Gasteiger partial charge in [0.1, 0.15) is 5.82 Å². The number of hydrogen-bond acceptors (Lipinski definition) is 1. The van der Waals surface area contributed by atoms with Crippen molar-refractivity contribution in [2.24, 2.45) is 5.92 Å². The van der Waals surface area contributed by atoms with E-state index < -0.39 is 0 Å². The number of benzene rings is 1. The van der Waals surface area contributed by atoms with E-state index in [0.717, 1.165) is 5.92 Å². The Hall–Kier alpha value is -1.18. The van der Waals surface area contributed by atoms with E-state index >= 15 is 0 Å². The van der Waals surface area contributed by atoms with Crippen molar-refractivity contribution < 1.29 is 9.18 Å². The van der Waals surface area contributed by atoms with Crippen molar-refractivity contribution in [3.63, 3.8) is 0 Å². The van der Waals surface area contributed by atoms with E-state index in [9.17, 15) is 9.18 Å². The molecule has 0 unspecified atom stereocenters. The maximum Gasteiger partial charge on any atom is 0.159 e. The maximum absolute atomic E-state index is 12.4. The third-order valence-corrected chi connectivity index (χ3v) is 2.62. The second-order valence-corrected chi connectivity index (χ2v) is 3.99. The quantitative estimate of drug-likeness (QED) is 0.692. The van der Waals surface area contributed by atoms with Gasteiger partial charge < -0.3 is 0 Å². The van der Waals surface area contributed by atoms with Crippen LogP contribution in [0.5, 0.6) is 0 Å². The smallest absolute Gasteiger partial charge is 0.159 e. The molecule has 0 saturated carbocycles. The predicted molar refractivity (Wildman–Crippen MR) is 66.2 cm³/mol. The molecule has 1 aromatic carbocycles. The molecular formula is C14H21FO. The SMILES string of the molecule is CC(=O)c1cccc(F)c1.CCC(C)CC. The van der Waals surface area contributed by atoms with Crippen LogP contribution >= 0.6 is 0 Å². The van der Waals surface area contributed by atoms with Crippen LogP contribution in [0.4, 0.5) is 4.39 Å². The Labute approximate surface area is 97.7 Å². The van der Waals surface area contributed by atoms with Crippen LogP contribution in [0.1, 0.15) is 50.9 Å². The molecule has 1 nitrogen and oxygen atoms in total. The average Bonchev–Trinajstić information content (AvgIpc) is 2.28. The van der Waals surface area contributed by atoms with Crippen LogP contribution in [0, 0.1) is 11.7 Å². The third-order valence-electron chi connectivity index (χ3n) is 2.62. The van der Waals surface area contributed by atoms with Gasteiger partial charge in [-0.1, -0.05) is 45.7 Å². The first-order valence-electron chi connectivity index (χ1n) is 5.77. The van der Waals surface area contributed by atoms with Crippen molar-refractivity contribution in [3.8, 4) is 0 Å². The fourth-order valence-electron chi connectivity index (χ4n) is 0.996. The summed E-state index contributed by atoms with van der Waals surface area (Å²) in [5, 5.41) is 0. The summed E-state index contributed by atoms with van der Waals surface area (Å²) < 4.78 is 12.4. The van der Waals surface area contributed by atoms with E-state index in [1.165, 1.54) is 38.0 Å². The van der Waals surface area contributed by atoms with Gasteiger partial charge in [0.25, 0.3) is 0 Å². The molecule has 0 aromatic heterocycles. The molecule has 0 spiro atoms. The molecule has 90 valence electrons. The van der Waals surface area contributed by atoms with Gasteiger partial charge >= 0.3 is 0 Å². The fourth-order valence-corrected chi connectivity index (χ4v) is 0.996. The van der Waals surface area contributed by atoms with E-state index in [2.05, 4.69) is 20.8 Å². The topological polar surface area (TPSA) is 17.1 Å². The van der Waals surface area contributed by atoms with Crippen LogP contribution in [-0.4, -0.2) is 5.78 Å². The molecule has 0 aliphatic heterocycles. The Kier molecular flexibility index (Phi) is 7.44. The van der Waals surface area contributed by atoms with Crippen molar-refractivity contribution in [3.05, 3.63) is 35.6 Å². The van der Waals surface area contributed by atoms with Crippen LogP contribution in [0.2, 0.25) is 0 Å². The average molecular weight is 224 g/mol. The Balaban J connectivity index is 0.000000325. The van der Waals surface area contributed by atoms with E-state index in [-0.39, 0.29) is 11.6 Å². The number of Topliss-reactive ketones (excluding diaryl/α,β-unsaturated/α-hetero) is 1. The van der Waals surface area contributed by atoms with Crippen LogP contribution in [0.3, 0.4) is 0 Å². The first-order valence-corrected chi connectivity index (χ1v) is 5.77. The van der Waals surface area contributed by atoms with Crippen LogP contribution in [0.15, 0.2) is 24.3 Å². The van der Waals surface area contributed by atoms with Gasteiger partial charge in [-0.05, 0) is 25.0 Å². The van der Waals surface area contributed by atoms with Gasteiger partial charge in [0.05, 0.1) is 0 Å². The zero-order chi connectivity index (χ0) is 12.6. The second-order valence-electron chi connectivity index (χ2n) is 3.99. The molecule has 0 radical (unpaired) electrons. The molecule has 0 N–H and O–H groups in total. The molecule has 16 heavy (non-hydrogen) atoms. The first kappa shape index (κ1) is 14.8. The number of rotatable bonds is 3. The Morgan fingerprint density at radius 2 is 1.88 bits per heavy atom. The van der Waals surface area contributed by atoms with Gasteiger partial charge in [-0.3, -0.25) is 4.79 Å². The highest BCUT2D eigenvalue weighted by Crippen LogP contribution is 2.03. The maximum atomic E-state index is 12.4. The summed E-state index contributed by atoms with van der Waals surface area (Å²) in [7, 11) is 0. The highest BCUT2D eigenvalue weighted by Gasteiger charge is 1.97. The minimum Gasteiger partial charge on any atom is -0.295 e. The standard InChI is InChI=1S/C8H7FO.C6H14/c1-6(10)7-3-2-4-8(9)5-7;1-4-6(3)5-2/h2-5H,1H3;6H,4-5H2,1-3H3. The largest absolute Gasteiger partial charge is 0.295 e. The fraction of sp³-hybridized carbons (Fsp3) is 0.500. The summed E-state index contributed by atoms with van der Waals surface area (Å²) >= 11 is 0. The van der Waals surface area contributed by atoms with Gasteiger partial charge in [0.2, 0.25) is 0 Å². The summed E-state index contributed by atoms with van der Waals surface area (Å²) in [5.41, 5.74) is 0.417. The van der Waals surface area contributed by atoms with Crippen molar-refractivity contribution in [1.82, 2.24) is 0 Å². The molecule has 1 rings (SSSR count). The van der Waals surface area contributed by atoms with Crippen LogP contribution < -0.4 is 0 Å². The van der Waals surface area contributed by atoms with Gasteiger partial charge in [-0.25, -0.2) is 4.39 Å². The number of halogens is 1. The molecule has 0 aliphatic rings. The summed E-state index contributed by atoms with van der Waals surface area (Å²) in [6.07, 6.45) is 2.66. The zero-order valence-electron chi connectivity index (χ0n) is 10.6. The molecule has 0 atom stereocenters. The molecule has 1 aromatic rings. The monoisotopic (exact) mass is 224 g/mol. The Morgan fingerprint density at radius 3 is 2.12 bits per heavy atom. The first-order chi connectivity index (χ1) is 7.51. The molecule has 0 amide bonds. The van der Waals surface area contributed by atoms with Crippen molar-refractivity contribution in [2.75, 3.05) is 0 Å². The minimum absolute atomic E-state index is 0.112. The van der Waals surface area contributed by atoms with Gasteiger partial charge in [0.15, 0.2) is 5.78 Å². The van der Waals surface area contributed by atoms with E-state index in [1.807, 2.05) is 0 Å². The second kappa shape index (κ2) is 8.03. The van der Waals surface area contributed by atoms with Crippen LogP contribution in [0.25, 0.3) is 0 Å².